The largest absolute Gasteiger partial charge is 0.417 e. The normalized spacial score (nSPS) is 20.1. The molecule has 0 amide bonds. The number of hydrogen-bond acceptors (Lipinski definition) is 4. The third-order valence-electron chi connectivity index (χ3n) is 5.81. The molecule has 150 valence electrons. The molecule has 1 aliphatic carbocycles. The zero-order valence-electron chi connectivity index (χ0n) is 15.8. The Balaban J connectivity index is 1.27. The van der Waals surface area contributed by atoms with Crippen molar-refractivity contribution in [3.05, 3.63) is 59.8 Å². The molecule has 0 unspecified atom stereocenters. The van der Waals surface area contributed by atoms with E-state index in [0.717, 1.165) is 64.4 Å². The molecule has 2 aliphatic rings. The quantitative estimate of drug-likeness (QED) is 0.812. The summed E-state index contributed by atoms with van der Waals surface area (Å²) in [6.07, 6.45) is -1.20. The number of halogens is 3. The zero-order valence-corrected chi connectivity index (χ0v) is 15.8. The van der Waals surface area contributed by atoms with Gasteiger partial charge in [0.05, 0.1) is 5.56 Å². The molecule has 4 nitrogen and oxygen atoms in total. The lowest BCUT2D eigenvalue weighted by Gasteiger charge is -2.40. The molecule has 28 heavy (non-hydrogen) atoms. The molecule has 0 radical (unpaired) electrons. The summed E-state index contributed by atoms with van der Waals surface area (Å²) in [4.78, 5) is 8.93. The summed E-state index contributed by atoms with van der Waals surface area (Å²) < 4.78 is 37.9. The Morgan fingerprint density at radius 2 is 1.68 bits per heavy atom. The Morgan fingerprint density at radius 1 is 0.964 bits per heavy atom. The van der Waals surface area contributed by atoms with Gasteiger partial charge in [0, 0.05) is 51.0 Å². The van der Waals surface area contributed by atoms with Crippen molar-refractivity contribution in [2.75, 3.05) is 38.0 Å². The van der Waals surface area contributed by atoms with Crippen molar-refractivity contribution in [3.8, 4) is 0 Å². The first-order valence-electron chi connectivity index (χ1n) is 9.73. The van der Waals surface area contributed by atoms with Crippen LogP contribution in [0.15, 0.2) is 48.7 Å². The van der Waals surface area contributed by atoms with Crippen LogP contribution in [0.25, 0.3) is 0 Å². The molecule has 0 bridgehead atoms. The SMILES string of the molecule is FC(F)(F)c1ccc(NCC2(N3CCN(Cc4ccccc4)CC3)CC2)nc1. The van der Waals surface area contributed by atoms with Gasteiger partial charge in [-0.25, -0.2) is 4.98 Å². The van der Waals surface area contributed by atoms with Gasteiger partial charge in [0.15, 0.2) is 0 Å². The van der Waals surface area contributed by atoms with Crippen molar-refractivity contribution in [1.82, 2.24) is 14.8 Å². The van der Waals surface area contributed by atoms with Crippen molar-refractivity contribution < 1.29 is 13.2 Å². The summed E-state index contributed by atoms with van der Waals surface area (Å²) >= 11 is 0. The van der Waals surface area contributed by atoms with Gasteiger partial charge in [-0.05, 0) is 30.5 Å². The van der Waals surface area contributed by atoms with Crippen LogP contribution in [-0.4, -0.2) is 53.0 Å². The molecule has 1 aromatic carbocycles. The van der Waals surface area contributed by atoms with E-state index in [9.17, 15) is 13.2 Å². The molecular formula is C21H25F3N4. The second kappa shape index (κ2) is 7.72. The van der Waals surface area contributed by atoms with Crippen molar-refractivity contribution in [2.45, 2.75) is 31.1 Å². The highest BCUT2D eigenvalue weighted by molar-refractivity contribution is 5.37. The summed E-state index contributed by atoms with van der Waals surface area (Å²) in [7, 11) is 0. The molecule has 1 saturated heterocycles. The second-order valence-electron chi connectivity index (χ2n) is 7.76. The van der Waals surface area contributed by atoms with E-state index in [1.807, 2.05) is 6.07 Å². The first-order chi connectivity index (χ1) is 13.4. The number of nitrogens with zero attached hydrogens (tertiary/aromatic N) is 3. The number of benzene rings is 1. The summed E-state index contributed by atoms with van der Waals surface area (Å²) in [5.41, 5.74) is 0.754. The minimum Gasteiger partial charge on any atom is -0.368 e. The van der Waals surface area contributed by atoms with Gasteiger partial charge >= 0.3 is 6.18 Å². The molecule has 2 fully saturated rings. The van der Waals surface area contributed by atoms with Crippen LogP contribution >= 0.6 is 0 Å². The molecule has 4 rings (SSSR count). The van der Waals surface area contributed by atoms with Gasteiger partial charge in [-0.2, -0.15) is 13.2 Å². The molecular weight excluding hydrogens is 365 g/mol. The highest BCUT2D eigenvalue weighted by Crippen LogP contribution is 2.42. The molecule has 2 heterocycles. The lowest BCUT2D eigenvalue weighted by atomic mass is 10.1. The van der Waals surface area contributed by atoms with E-state index < -0.39 is 11.7 Å². The Bertz CT molecular complexity index is 764. The highest BCUT2D eigenvalue weighted by atomic mass is 19.4. The number of anilines is 1. The fourth-order valence-corrected chi connectivity index (χ4v) is 3.89. The molecule has 7 heteroatoms. The fraction of sp³-hybridized carbons (Fsp3) is 0.476. The maximum absolute atomic E-state index is 12.6. The summed E-state index contributed by atoms with van der Waals surface area (Å²) in [6.45, 7) is 5.83. The van der Waals surface area contributed by atoms with Gasteiger partial charge in [0.2, 0.25) is 0 Å². The molecule has 1 aromatic heterocycles. The number of piperazine rings is 1. The van der Waals surface area contributed by atoms with Crippen molar-refractivity contribution >= 4 is 5.82 Å². The number of rotatable bonds is 6. The van der Waals surface area contributed by atoms with E-state index >= 15 is 0 Å². The van der Waals surface area contributed by atoms with E-state index in [-0.39, 0.29) is 5.54 Å². The average molecular weight is 390 g/mol. The van der Waals surface area contributed by atoms with Crippen LogP contribution in [0.3, 0.4) is 0 Å². The lowest BCUT2D eigenvalue weighted by molar-refractivity contribution is -0.137. The topological polar surface area (TPSA) is 31.4 Å². The van der Waals surface area contributed by atoms with E-state index in [1.165, 1.54) is 11.6 Å². The number of nitrogens with one attached hydrogen (secondary N) is 1. The Labute approximate surface area is 163 Å². The lowest BCUT2D eigenvalue weighted by Crippen LogP contribution is -2.53. The third kappa shape index (κ3) is 4.47. The minimum atomic E-state index is -4.34. The predicted molar refractivity (Wildman–Crippen MR) is 103 cm³/mol. The Hall–Kier alpha value is -2.12. The van der Waals surface area contributed by atoms with Crippen LogP contribution < -0.4 is 5.32 Å². The fourth-order valence-electron chi connectivity index (χ4n) is 3.89. The summed E-state index contributed by atoms with van der Waals surface area (Å²) in [6, 6.07) is 13.0. The van der Waals surface area contributed by atoms with Crippen LogP contribution in [0.4, 0.5) is 19.0 Å². The zero-order chi connectivity index (χ0) is 19.6. The average Bonchev–Trinajstić information content (AvgIpc) is 3.49. The second-order valence-corrected chi connectivity index (χ2v) is 7.76. The molecule has 1 saturated carbocycles. The van der Waals surface area contributed by atoms with Gasteiger partial charge in [-0.1, -0.05) is 30.3 Å². The molecule has 1 aliphatic heterocycles. The van der Waals surface area contributed by atoms with Gasteiger partial charge in [-0.15, -0.1) is 0 Å². The van der Waals surface area contributed by atoms with Gasteiger partial charge in [0.1, 0.15) is 5.82 Å². The van der Waals surface area contributed by atoms with E-state index in [1.54, 1.807) is 0 Å². The Kier molecular flexibility index (Phi) is 5.29. The summed E-state index contributed by atoms with van der Waals surface area (Å²) in [5.74, 6) is 0.502. The van der Waals surface area contributed by atoms with E-state index in [4.69, 9.17) is 0 Å². The highest BCUT2D eigenvalue weighted by Gasteiger charge is 2.48. The van der Waals surface area contributed by atoms with E-state index in [0.29, 0.717) is 5.82 Å². The number of aromatic nitrogens is 1. The van der Waals surface area contributed by atoms with Gasteiger partial charge in [0.25, 0.3) is 0 Å². The van der Waals surface area contributed by atoms with Gasteiger partial charge < -0.3 is 5.32 Å². The standard InChI is InChI=1S/C21H25F3N4/c22-21(23,24)18-6-7-19(25-14-18)26-16-20(8-9-20)28-12-10-27(11-13-28)15-17-4-2-1-3-5-17/h1-7,14H,8-13,15-16H2,(H,25,26). The number of alkyl halides is 3. The summed E-state index contributed by atoms with van der Waals surface area (Å²) in [5, 5.41) is 3.24. The van der Waals surface area contributed by atoms with Crippen LogP contribution in [0.2, 0.25) is 0 Å². The maximum atomic E-state index is 12.6. The van der Waals surface area contributed by atoms with Gasteiger partial charge in [-0.3, -0.25) is 9.80 Å². The van der Waals surface area contributed by atoms with Crippen molar-refractivity contribution in [1.29, 1.82) is 0 Å². The molecule has 0 spiro atoms. The first kappa shape index (κ1) is 19.2. The smallest absolute Gasteiger partial charge is 0.368 e. The molecule has 2 aromatic rings. The van der Waals surface area contributed by atoms with Crippen LogP contribution in [0, 0.1) is 0 Å². The third-order valence-corrected chi connectivity index (χ3v) is 5.81. The Morgan fingerprint density at radius 3 is 2.25 bits per heavy atom. The molecule has 1 N–H and O–H groups in total. The van der Waals surface area contributed by atoms with Crippen LogP contribution in [0.5, 0.6) is 0 Å². The monoisotopic (exact) mass is 390 g/mol. The molecule has 0 atom stereocenters. The first-order valence-corrected chi connectivity index (χ1v) is 9.73. The van der Waals surface area contributed by atoms with Crippen molar-refractivity contribution in [2.24, 2.45) is 0 Å². The number of pyridine rings is 1. The maximum Gasteiger partial charge on any atom is 0.417 e. The van der Waals surface area contributed by atoms with Crippen LogP contribution in [-0.2, 0) is 12.7 Å². The minimum absolute atomic E-state index is 0.128. The van der Waals surface area contributed by atoms with E-state index in [2.05, 4.69) is 44.4 Å². The predicted octanol–water partition coefficient (Wildman–Crippen LogP) is 3.86. The number of hydrogen-bond donors (Lipinski definition) is 1. The van der Waals surface area contributed by atoms with Crippen molar-refractivity contribution in [3.63, 3.8) is 0 Å². The van der Waals surface area contributed by atoms with Crippen LogP contribution in [0.1, 0.15) is 24.0 Å².